The molecule has 4 heteroatoms. The molecule has 0 N–H and O–H groups in total. The molecule has 0 heterocycles. The van der Waals surface area contributed by atoms with E-state index in [4.69, 9.17) is 5.26 Å². The third kappa shape index (κ3) is 8.86. The first-order chi connectivity index (χ1) is 2.27. The Labute approximate surface area is 78.0 Å². The van der Waals surface area contributed by atoms with Gasteiger partial charge < -0.3 is 9.83 Å². The Balaban J connectivity index is 0. The minimum absolute atomic E-state index is 0. The molecule has 0 bridgehead atoms. The molecule has 0 aromatic rings. The maximum Gasteiger partial charge on any atom is 1.00 e. The minimum Gasteiger partial charge on any atom is -0.719 e. The van der Waals surface area contributed by atoms with Gasteiger partial charge in [0.25, 0.3) is 0 Å². The van der Waals surface area contributed by atoms with Gasteiger partial charge in [-0.15, -0.1) is 0 Å². The zero-order valence-electron chi connectivity index (χ0n) is 3.72. The normalized spacial score (nSPS) is 9.83. The van der Waals surface area contributed by atoms with Gasteiger partial charge in [0.05, 0.1) is 0 Å². The largest absolute Gasteiger partial charge is 1.00 e. The quantitative estimate of drug-likeness (QED) is 0.137. The number of aliphatic carboxylic acids is 1. The average Bonchev–Trinajstić information content (AvgIpc) is 1.38. The molecular weight excluding hydrogens is 111 g/mol. The second-order valence-corrected chi connectivity index (χ2v) is 0.575. The molecule has 0 atom stereocenters. The number of rotatable bonds is 0. The summed E-state index contributed by atoms with van der Waals surface area (Å²) in [7, 11) is 0. The summed E-state index contributed by atoms with van der Waals surface area (Å²) < 4.78 is 2.86. The summed E-state index contributed by atoms with van der Waals surface area (Å²) in [5.74, 6) is -0.801. The van der Waals surface area contributed by atoms with E-state index in [-0.39, 0.29) is 51.4 Å². The molecule has 0 saturated carbocycles. The van der Waals surface area contributed by atoms with E-state index in [1.807, 2.05) is 0 Å². The molecule has 0 aliphatic heterocycles. The zero-order valence-corrected chi connectivity index (χ0v) is 6.85. The van der Waals surface area contributed by atoms with Gasteiger partial charge in [-0.25, -0.2) is 0 Å². The molecule has 0 aromatic heterocycles. The Bertz CT molecular complexity index is 46.8. The van der Waals surface area contributed by atoms with E-state index in [2.05, 4.69) is 4.58 Å². The molecule has 6 heavy (non-hydrogen) atoms. The van der Waals surface area contributed by atoms with Gasteiger partial charge in [-0.1, -0.05) is 0 Å². The summed E-state index contributed by atoms with van der Waals surface area (Å²) in [5.41, 5.74) is 0. The van der Waals surface area contributed by atoms with Crippen LogP contribution in [0.2, 0.25) is 0 Å². The van der Waals surface area contributed by atoms with Gasteiger partial charge >= 0.3 is 57.4 Å². The van der Waals surface area contributed by atoms with Crippen molar-refractivity contribution in [2.45, 2.75) is 6.92 Å². The molecule has 0 aromatic carbocycles. The van der Waals surface area contributed by atoms with E-state index in [1.54, 1.807) is 0 Å². The van der Waals surface area contributed by atoms with Crippen molar-refractivity contribution in [3.8, 4) is 0 Å². The van der Waals surface area contributed by atoms with Crippen molar-refractivity contribution in [2.24, 2.45) is 0 Å². The van der Waals surface area contributed by atoms with Crippen LogP contribution in [0, 0.1) is 0 Å². The molecule has 0 aliphatic carbocycles. The van der Waals surface area contributed by atoms with E-state index < -0.39 is 5.97 Å². The molecular formula is C2H3KO3. The molecule has 0 aliphatic rings. The SMILES string of the molecule is CC([O-])=[O+][O-].[K+]. The van der Waals surface area contributed by atoms with Gasteiger partial charge in [0.2, 0.25) is 0 Å². The standard InChI is InChI=1S/C2H4O3.K/c1-2(3)5-4;/h3H,1H3;/q;+1/p-1. The van der Waals surface area contributed by atoms with Crippen LogP contribution in [0.1, 0.15) is 6.92 Å². The maximum absolute atomic E-state index is 9.28. The maximum atomic E-state index is 9.28. The van der Waals surface area contributed by atoms with E-state index in [0.717, 1.165) is 6.92 Å². The van der Waals surface area contributed by atoms with Crippen LogP contribution < -0.4 is 61.7 Å². The Morgan fingerprint density at radius 2 is 1.83 bits per heavy atom. The van der Waals surface area contributed by atoms with E-state index in [0.29, 0.717) is 0 Å². The molecule has 30 valence electrons. The predicted octanol–water partition coefficient (Wildman–Crippen LogP) is -5.43. The van der Waals surface area contributed by atoms with Gasteiger partial charge in [-0.2, -0.15) is 0 Å². The first-order valence-corrected chi connectivity index (χ1v) is 1.07. The second-order valence-electron chi connectivity index (χ2n) is 0.575. The summed E-state index contributed by atoms with van der Waals surface area (Å²) in [6.07, 6.45) is 0. The zero-order chi connectivity index (χ0) is 4.28. The van der Waals surface area contributed by atoms with Crippen LogP contribution in [0.3, 0.4) is 0 Å². The molecule has 0 amide bonds. The van der Waals surface area contributed by atoms with E-state index in [9.17, 15) is 5.11 Å². The Morgan fingerprint density at radius 3 is 1.83 bits per heavy atom. The summed E-state index contributed by atoms with van der Waals surface area (Å²) in [6, 6.07) is 0. The van der Waals surface area contributed by atoms with Crippen molar-refractivity contribution >= 4 is 5.97 Å². The predicted molar refractivity (Wildman–Crippen MR) is 10.7 cm³/mol. The van der Waals surface area contributed by atoms with Crippen LogP contribution in [0.15, 0.2) is 0 Å². The van der Waals surface area contributed by atoms with Gasteiger partial charge in [0.15, 0.2) is 0 Å². The number of carboxylic acids is 1. The first kappa shape index (κ1) is 10.0. The van der Waals surface area contributed by atoms with Crippen LogP contribution in [-0.2, 0) is 4.58 Å². The average molecular weight is 114 g/mol. The monoisotopic (exact) mass is 114 g/mol. The Hall–Kier alpha value is 0.906. The van der Waals surface area contributed by atoms with Crippen molar-refractivity contribution in [3.63, 3.8) is 0 Å². The fourth-order valence-corrected chi connectivity index (χ4v) is 0. The van der Waals surface area contributed by atoms with Crippen molar-refractivity contribution in [2.75, 3.05) is 0 Å². The van der Waals surface area contributed by atoms with Gasteiger partial charge in [0, 0.05) is 6.92 Å². The molecule has 0 fully saturated rings. The summed E-state index contributed by atoms with van der Waals surface area (Å²) in [4.78, 5) is 0. The topological polar surface area (TPSA) is 57.4 Å². The Kier molecular flexibility index (Phi) is 9.85. The number of hydrogen-bond acceptors (Lipinski definition) is 2. The third-order valence-corrected chi connectivity index (χ3v) is 0.117. The number of carboxylic acid groups (broad SMARTS) is 1. The molecule has 0 radical (unpaired) electrons. The first-order valence-electron chi connectivity index (χ1n) is 1.07. The van der Waals surface area contributed by atoms with Crippen LogP contribution in [-0.4, -0.2) is 5.97 Å². The van der Waals surface area contributed by atoms with E-state index in [1.165, 1.54) is 0 Å². The summed E-state index contributed by atoms with van der Waals surface area (Å²) in [5, 5.41) is 18.1. The molecule has 0 spiro atoms. The van der Waals surface area contributed by atoms with Gasteiger partial charge in [0.1, 0.15) is 0 Å². The minimum atomic E-state index is -0.801. The molecule has 0 saturated heterocycles. The summed E-state index contributed by atoms with van der Waals surface area (Å²) >= 11 is 0. The van der Waals surface area contributed by atoms with Crippen LogP contribution >= 0.6 is 0 Å². The smallest absolute Gasteiger partial charge is 0.719 e. The molecule has 0 rings (SSSR count). The third-order valence-electron chi connectivity index (χ3n) is 0.117. The van der Waals surface area contributed by atoms with Crippen LogP contribution in [0.5, 0.6) is 0 Å². The summed E-state index contributed by atoms with van der Waals surface area (Å²) in [6.45, 7) is 1.05. The van der Waals surface area contributed by atoms with Crippen molar-refractivity contribution in [1.29, 1.82) is 0 Å². The van der Waals surface area contributed by atoms with Crippen molar-refractivity contribution < 1.29 is 66.3 Å². The van der Waals surface area contributed by atoms with Crippen LogP contribution in [0.4, 0.5) is 0 Å². The number of carbonyl (C=O) groups excluding carboxylic acids is 1. The molecule has 3 nitrogen and oxygen atoms in total. The molecule has 0 unspecified atom stereocenters. The second kappa shape index (κ2) is 5.91. The number of hydrogen-bond donors (Lipinski definition) is 0. The van der Waals surface area contributed by atoms with Gasteiger partial charge in [-0.3, -0.25) is 5.11 Å². The van der Waals surface area contributed by atoms with Crippen molar-refractivity contribution in [3.05, 3.63) is 0 Å². The fraction of sp³-hybridized carbons (Fsp3) is 0.500. The van der Waals surface area contributed by atoms with Gasteiger partial charge in [-0.05, 0) is 0 Å². The van der Waals surface area contributed by atoms with Crippen LogP contribution in [0.25, 0.3) is 0 Å². The fourth-order valence-electron chi connectivity index (χ4n) is 0. The van der Waals surface area contributed by atoms with E-state index >= 15 is 0 Å². The Morgan fingerprint density at radius 1 is 1.67 bits per heavy atom. The van der Waals surface area contributed by atoms with Crippen molar-refractivity contribution in [1.82, 2.24) is 0 Å².